The van der Waals surface area contributed by atoms with E-state index in [9.17, 15) is 9.59 Å². The molecule has 1 atom stereocenters. The Morgan fingerprint density at radius 2 is 1.59 bits per heavy atom. The van der Waals surface area contributed by atoms with Gasteiger partial charge in [-0.3, -0.25) is 0 Å². The minimum atomic E-state index is -2.25. The Bertz CT molecular complexity index is 426. The standard InChI is InChI=1S/C10H10O7/c11-7(12)5-3-1-2-4-6(5)9(15)17-10(16)8(13)14/h1-4,8,10,13-14,16H,(H,11,12). The van der Waals surface area contributed by atoms with Gasteiger partial charge in [-0.2, -0.15) is 0 Å². The number of carbonyl (C=O) groups is 2. The number of carboxylic acids is 1. The van der Waals surface area contributed by atoms with Crippen LogP contribution in [0.25, 0.3) is 0 Å². The van der Waals surface area contributed by atoms with E-state index in [1.807, 2.05) is 0 Å². The molecule has 17 heavy (non-hydrogen) atoms. The minimum Gasteiger partial charge on any atom is -0.478 e. The quantitative estimate of drug-likeness (QED) is 0.401. The molecule has 1 aromatic carbocycles. The van der Waals surface area contributed by atoms with Crippen molar-refractivity contribution in [2.45, 2.75) is 12.6 Å². The lowest BCUT2D eigenvalue weighted by molar-refractivity contribution is -0.208. The van der Waals surface area contributed by atoms with Crippen LogP contribution in [0, 0.1) is 0 Å². The molecular formula is C10H10O7. The maximum Gasteiger partial charge on any atom is 0.341 e. The summed E-state index contributed by atoms with van der Waals surface area (Å²) in [6, 6.07) is 5.19. The average Bonchev–Trinajstić information content (AvgIpc) is 2.28. The number of aliphatic hydroxyl groups excluding tert-OH is 2. The number of carbonyl (C=O) groups excluding carboxylic acids is 1. The van der Waals surface area contributed by atoms with E-state index in [2.05, 4.69) is 4.74 Å². The summed E-state index contributed by atoms with van der Waals surface area (Å²) in [4.78, 5) is 22.2. The molecule has 1 rings (SSSR count). The summed E-state index contributed by atoms with van der Waals surface area (Å²) in [5, 5.41) is 34.7. The van der Waals surface area contributed by atoms with Crippen molar-refractivity contribution >= 4 is 11.9 Å². The lowest BCUT2D eigenvalue weighted by Crippen LogP contribution is -2.31. The minimum absolute atomic E-state index is 0.292. The summed E-state index contributed by atoms with van der Waals surface area (Å²) in [5.74, 6) is -2.50. The second kappa shape index (κ2) is 5.39. The predicted molar refractivity (Wildman–Crippen MR) is 53.0 cm³/mol. The van der Waals surface area contributed by atoms with Gasteiger partial charge < -0.3 is 25.2 Å². The van der Waals surface area contributed by atoms with Crippen LogP contribution in [-0.4, -0.2) is 44.9 Å². The van der Waals surface area contributed by atoms with E-state index in [0.717, 1.165) is 0 Å². The number of esters is 1. The summed E-state index contributed by atoms with van der Waals surface area (Å²) < 4.78 is 4.24. The van der Waals surface area contributed by atoms with Crippen molar-refractivity contribution in [2.75, 3.05) is 0 Å². The third kappa shape index (κ3) is 3.25. The number of hydrogen-bond donors (Lipinski definition) is 4. The van der Waals surface area contributed by atoms with Gasteiger partial charge in [0, 0.05) is 0 Å². The largest absolute Gasteiger partial charge is 0.478 e. The smallest absolute Gasteiger partial charge is 0.341 e. The van der Waals surface area contributed by atoms with Crippen LogP contribution in [0.5, 0.6) is 0 Å². The maximum atomic E-state index is 11.4. The summed E-state index contributed by atoms with van der Waals surface area (Å²) in [7, 11) is 0. The van der Waals surface area contributed by atoms with Crippen molar-refractivity contribution in [1.29, 1.82) is 0 Å². The lowest BCUT2D eigenvalue weighted by Gasteiger charge is -2.14. The van der Waals surface area contributed by atoms with Crippen LogP contribution in [0.2, 0.25) is 0 Å². The fourth-order valence-electron chi connectivity index (χ4n) is 1.08. The molecule has 0 spiro atoms. The van der Waals surface area contributed by atoms with Crippen LogP contribution in [0.1, 0.15) is 20.7 Å². The number of hydrogen-bond acceptors (Lipinski definition) is 6. The lowest BCUT2D eigenvalue weighted by atomic mass is 10.1. The Morgan fingerprint density at radius 1 is 1.06 bits per heavy atom. The Kier molecular flexibility index (Phi) is 4.16. The Hall–Kier alpha value is -1.96. The molecule has 0 aliphatic heterocycles. The van der Waals surface area contributed by atoms with Gasteiger partial charge in [-0.05, 0) is 12.1 Å². The SMILES string of the molecule is O=C(O)c1ccccc1C(=O)OC(O)C(O)O. The van der Waals surface area contributed by atoms with Gasteiger partial charge in [0.2, 0.25) is 6.29 Å². The molecule has 1 unspecified atom stereocenters. The zero-order chi connectivity index (χ0) is 13.0. The second-order valence-corrected chi connectivity index (χ2v) is 3.06. The summed E-state index contributed by atoms with van der Waals surface area (Å²) in [5.41, 5.74) is -0.600. The molecular weight excluding hydrogens is 232 g/mol. The highest BCUT2D eigenvalue weighted by molar-refractivity contribution is 6.02. The van der Waals surface area contributed by atoms with E-state index in [1.54, 1.807) is 0 Å². The topological polar surface area (TPSA) is 124 Å². The first kappa shape index (κ1) is 13.1. The van der Waals surface area contributed by atoms with Gasteiger partial charge in [0.25, 0.3) is 6.29 Å². The number of aliphatic hydroxyl groups is 3. The van der Waals surface area contributed by atoms with Crippen LogP contribution < -0.4 is 0 Å². The van der Waals surface area contributed by atoms with Crippen molar-refractivity contribution in [3.8, 4) is 0 Å². The van der Waals surface area contributed by atoms with Crippen molar-refractivity contribution < 1.29 is 34.8 Å². The molecule has 0 heterocycles. The van der Waals surface area contributed by atoms with E-state index in [1.165, 1.54) is 24.3 Å². The van der Waals surface area contributed by atoms with Crippen LogP contribution in [0.15, 0.2) is 24.3 Å². The normalized spacial score (nSPS) is 12.2. The van der Waals surface area contributed by atoms with Crippen LogP contribution in [-0.2, 0) is 4.74 Å². The summed E-state index contributed by atoms with van der Waals surface area (Å²) in [6.45, 7) is 0. The summed E-state index contributed by atoms with van der Waals surface area (Å²) >= 11 is 0. The number of ether oxygens (including phenoxy) is 1. The monoisotopic (exact) mass is 242 g/mol. The molecule has 0 amide bonds. The van der Waals surface area contributed by atoms with Crippen LogP contribution in [0.3, 0.4) is 0 Å². The van der Waals surface area contributed by atoms with E-state index in [-0.39, 0.29) is 11.1 Å². The molecule has 0 radical (unpaired) electrons. The Balaban J connectivity index is 2.93. The fourth-order valence-corrected chi connectivity index (χ4v) is 1.08. The molecule has 0 fully saturated rings. The number of aromatic carboxylic acids is 1. The van der Waals surface area contributed by atoms with Crippen molar-refractivity contribution in [1.82, 2.24) is 0 Å². The number of carboxylic acid groups (broad SMARTS) is 1. The highest BCUT2D eigenvalue weighted by Gasteiger charge is 2.22. The van der Waals surface area contributed by atoms with Gasteiger partial charge in [0.1, 0.15) is 0 Å². The van der Waals surface area contributed by atoms with Gasteiger partial charge in [0.05, 0.1) is 11.1 Å². The van der Waals surface area contributed by atoms with Crippen LogP contribution >= 0.6 is 0 Å². The first-order valence-corrected chi connectivity index (χ1v) is 4.51. The van der Waals surface area contributed by atoms with E-state index < -0.39 is 24.5 Å². The zero-order valence-electron chi connectivity index (χ0n) is 8.48. The second-order valence-electron chi connectivity index (χ2n) is 3.06. The van der Waals surface area contributed by atoms with Gasteiger partial charge in [-0.25, -0.2) is 9.59 Å². The van der Waals surface area contributed by atoms with Crippen molar-refractivity contribution in [2.24, 2.45) is 0 Å². The molecule has 0 bridgehead atoms. The molecule has 0 saturated carbocycles. The van der Waals surface area contributed by atoms with E-state index in [0.29, 0.717) is 0 Å². The predicted octanol–water partition coefficient (Wildman–Crippen LogP) is -0.829. The maximum absolute atomic E-state index is 11.4. The first-order chi connectivity index (χ1) is 7.93. The molecule has 0 aliphatic rings. The third-order valence-corrected chi connectivity index (χ3v) is 1.86. The van der Waals surface area contributed by atoms with Gasteiger partial charge in [-0.15, -0.1) is 0 Å². The Morgan fingerprint density at radius 3 is 2.06 bits per heavy atom. The highest BCUT2D eigenvalue weighted by Crippen LogP contribution is 2.11. The molecule has 4 N–H and O–H groups in total. The fraction of sp³-hybridized carbons (Fsp3) is 0.200. The van der Waals surface area contributed by atoms with Crippen molar-refractivity contribution in [3.05, 3.63) is 35.4 Å². The third-order valence-electron chi connectivity index (χ3n) is 1.86. The van der Waals surface area contributed by atoms with E-state index in [4.69, 9.17) is 20.4 Å². The van der Waals surface area contributed by atoms with E-state index >= 15 is 0 Å². The molecule has 7 heteroatoms. The van der Waals surface area contributed by atoms with Gasteiger partial charge >= 0.3 is 11.9 Å². The first-order valence-electron chi connectivity index (χ1n) is 4.51. The van der Waals surface area contributed by atoms with Gasteiger partial charge in [-0.1, -0.05) is 12.1 Å². The Labute approximate surface area is 95.5 Å². The molecule has 0 aromatic heterocycles. The molecule has 0 aliphatic carbocycles. The summed E-state index contributed by atoms with van der Waals surface area (Å²) in [6.07, 6.45) is -4.39. The average molecular weight is 242 g/mol. The molecule has 0 saturated heterocycles. The number of rotatable bonds is 4. The van der Waals surface area contributed by atoms with Crippen LogP contribution in [0.4, 0.5) is 0 Å². The highest BCUT2D eigenvalue weighted by atomic mass is 16.7. The molecule has 7 nitrogen and oxygen atoms in total. The number of benzene rings is 1. The molecule has 92 valence electrons. The molecule has 1 aromatic rings. The van der Waals surface area contributed by atoms with Gasteiger partial charge in [0.15, 0.2) is 0 Å². The van der Waals surface area contributed by atoms with Crippen molar-refractivity contribution in [3.63, 3.8) is 0 Å². The zero-order valence-corrected chi connectivity index (χ0v) is 8.48.